The third-order valence-corrected chi connectivity index (χ3v) is 2.76. The molecule has 1 aliphatic carbocycles. The second-order valence-corrected chi connectivity index (χ2v) is 4.01. The van der Waals surface area contributed by atoms with E-state index in [-0.39, 0.29) is 12.4 Å². The Kier molecular flexibility index (Phi) is 3.26. The number of carboxylic acids is 1. The summed E-state index contributed by atoms with van der Waals surface area (Å²) in [5, 5.41) is 17.8. The van der Waals surface area contributed by atoms with Crippen LogP contribution in [0.2, 0.25) is 0 Å². The third kappa shape index (κ3) is 2.43. The predicted octanol–water partition coefficient (Wildman–Crippen LogP) is 0.935. The van der Waals surface area contributed by atoms with E-state index < -0.39 is 5.97 Å². The largest absolute Gasteiger partial charge is 0.475 e. The van der Waals surface area contributed by atoms with Crippen LogP contribution < -0.4 is 0 Å². The van der Waals surface area contributed by atoms with E-state index in [1.165, 1.54) is 6.26 Å². The molecule has 1 saturated carbocycles. The number of carbonyl (C=O) groups is 1. The molecule has 5 nitrogen and oxygen atoms in total. The van der Waals surface area contributed by atoms with Gasteiger partial charge >= 0.3 is 5.97 Å². The number of aliphatic hydroxyl groups is 1. The van der Waals surface area contributed by atoms with Crippen molar-refractivity contribution in [3.63, 3.8) is 0 Å². The third-order valence-electron chi connectivity index (χ3n) is 2.76. The van der Waals surface area contributed by atoms with Crippen LogP contribution in [0.4, 0.5) is 0 Å². The zero-order valence-corrected chi connectivity index (χ0v) is 8.93. The molecule has 1 heterocycles. The second kappa shape index (κ2) is 4.67. The fraction of sp³-hybridized carbons (Fsp3) is 0.545. The number of aliphatic hydroxyl groups excluding tert-OH is 1. The number of rotatable bonds is 6. The van der Waals surface area contributed by atoms with Gasteiger partial charge in [-0.1, -0.05) is 0 Å². The van der Waals surface area contributed by atoms with Gasteiger partial charge in [-0.15, -0.1) is 0 Å². The number of hydrogen-bond acceptors (Lipinski definition) is 4. The van der Waals surface area contributed by atoms with Crippen molar-refractivity contribution in [3.05, 3.63) is 23.7 Å². The Labute approximate surface area is 93.3 Å². The topological polar surface area (TPSA) is 73.9 Å². The molecule has 0 aromatic carbocycles. The van der Waals surface area contributed by atoms with Crippen LogP contribution in [-0.2, 0) is 6.54 Å². The maximum atomic E-state index is 10.8. The minimum absolute atomic E-state index is 0.00332. The van der Waals surface area contributed by atoms with Gasteiger partial charge in [-0.25, -0.2) is 4.79 Å². The van der Waals surface area contributed by atoms with Crippen LogP contribution in [0, 0.1) is 0 Å². The number of nitrogens with zero attached hydrogens (tertiary/aromatic N) is 1. The van der Waals surface area contributed by atoms with Crippen LogP contribution in [0.3, 0.4) is 0 Å². The van der Waals surface area contributed by atoms with Crippen LogP contribution in [0.1, 0.15) is 29.0 Å². The van der Waals surface area contributed by atoms with E-state index >= 15 is 0 Å². The van der Waals surface area contributed by atoms with Gasteiger partial charge in [0, 0.05) is 24.7 Å². The van der Waals surface area contributed by atoms with Crippen LogP contribution in [0.25, 0.3) is 0 Å². The van der Waals surface area contributed by atoms with Crippen molar-refractivity contribution in [1.29, 1.82) is 0 Å². The van der Waals surface area contributed by atoms with Gasteiger partial charge in [0.1, 0.15) is 0 Å². The molecule has 1 aromatic rings. The molecule has 0 spiro atoms. The molecule has 0 saturated heterocycles. The van der Waals surface area contributed by atoms with Crippen molar-refractivity contribution in [3.8, 4) is 0 Å². The predicted molar refractivity (Wildman–Crippen MR) is 56.2 cm³/mol. The fourth-order valence-corrected chi connectivity index (χ4v) is 1.83. The monoisotopic (exact) mass is 225 g/mol. The number of aromatic carboxylic acids is 1. The lowest BCUT2D eigenvalue weighted by Crippen LogP contribution is -2.29. The van der Waals surface area contributed by atoms with Gasteiger partial charge in [-0.3, -0.25) is 4.90 Å². The molecule has 0 atom stereocenters. The van der Waals surface area contributed by atoms with Crippen molar-refractivity contribution in [1.82, 2.24) is 4.90 Å². The lowest BCUT2D eigenvalue weighted by atomic mass is 10.2. The zero-order valence-electron chi connectivity index (χ0n) is 8.93. The summed E-state index contributed by atoms with van der Waals surface area (Å²) in [4.78, 5) is 12.9. The first-order chi connectivity index (χ1) is 7.72. The molecule has 88 valence electrons. The number of furan rings is 1. The molecule has 0 radical (unpaired) electrons. The highest BCUT2D eigenvalue weighted by atomic mass is 16.4. The quantitative estimate of drug-likeness (QED) is 0.753. The summed E-state index contributed by atoms with van der Waals surface area (Å²) < 4.78 is 4.92. The van der Waals surface area contributed by atoms with E-state index in [1.807, 2.05) is 0 Å². The molecule has 0 bridgehead atoms. The molecule has 16 heavy (non-hydrogen) atoms. The smallest absolute Gasteiger partial charge is 0.372 e. The Balaban J connectivity index is 2.05. The highest BCUT2D eigenvalue weighted by Crippen LogP contribution is 2.28. The van der Waals surface area contributed by atoms with E-state index in [0.29, 0.717) is 24.7 Å². The first kappa shape index (κ1) is 11.2. The van der Waals surface area contributed by atoms with Crippen LogP contribution in [0.5, 0.6) is 0 Å². The minimum atomic E-state index is -1.04. The molecule has 0 aliphatic heterocycles. The zero-order chi connectivity index (χ0) is 11.5. The van der Waals surface area contributed by atoms with Gasteiger partial charge in [0.2, 0.25) is 5.76 Å². The summed E-state index contributed by atoms with van der Waals surface area (Å²) in [5.41, 5.74) is 0.674. The van der Waals surface area contributed by atoms with Crippen molar-refractivity contribution >= 4 is 5.97 Å². The number of hydrogen-bond donors (Lipinski definition) is 2. The first-order valence-corrected chi connectivity index (χ1v) is 5.37. The highest BCUT2D eigenvalue weighted by Gasteiger charge is 2.29. The molecule has 1 fully saturated rings. The van der Waals surface area contributed by atoms with Crippen molar-refractivity contribution < 1.29 is 19.4 Å². The van der Waals surface area contributed by atoms with E-state index in [2.05, 4.69) is 4.90 Å². The molecule has 2 rings (SSSR count). The summed E-state index contributed by atoms with van der Waals surface area (Å²) in [6.07, 6.45) is 3.64. The van der Waals surface area contributed by atoms with E-state index in [0.717, 1.165) is 12.8 Å². The Hall–Kier alpha value is -1.33. The van der Waals surface area contributed by atoms with E-state index in [9.17, 15) is 4.79 Å². The SMILES string of the molecule is O=C(O)c1occc1CN(CCO)C1CC1. The van der Waals surface area contributed by atoms with Crippen LogP contribution in [0.15, 0.2) is 16.7 Å². The molecule has 5 heteroatoms. The lowest BCUT2D eigenvalue weighted by molar-refractivity contribution is 0.0658. The number of carboxylic acid groups (broad SMARTS) is 1. The van der Waals surface area contributed by atoms with Crippen LogP contribution in [-0.4, -0.2) is 40.3 Å². The average Bonchev–Trinajstić information content (AvgIpc) is 2.98. The first-order valence-electron chi connectivity index (χ1n) is 5.37. The van der Waals surface area contributed by atoms with Gasteiger partial charge in [0.05, 0.1) is 12.9 Å². The Bertz CT molecular complexity index is 370. The standard InChI is InChI=1S/C11H15NO4/c13-5-4-12(9-1-2-9)7-8-3-6-16-10(8)11(14)15/h3,6,9,13H,1-2,4-5,7H2,(H,14,15). The van der Waals surface area contributed by atoms with Crippen molar-refractivity contribution in [2.75, 3.05) is 13.2 Å². The lowest BCUT2D eigenvalue weighted by Gasteiger charge is -2.20. The van der Waals surface area contributed by atoms with Gasteiger partial charge in [0.15, 0.2) is 0 Å². The molecule has 2 N–H and O–H groups in total. The fourth-order valence-electron chi connectivity index (χ4n) is 1.83. The average molecular weight is 225 g/mol. The molecule has 0 unspecified atom stereocenters. The Morgan fingerprint density at radius 3 is 2.88 bits per heavy atom. The summed E-state index contributed by atoms with van der Waals surface area (Å²) in [6, 6.07) is 2.17. The van der Waals surface area contributed by atoms with Gasteiger partial charge < -0.3 is 14.6 Å². The van der Waals surface area contributed by atoms with Gasteiger partial charge in [-0.2, -0.15) is 0 Å². The highest BCUT2D eigenvalue weighted by molar-refractivity contribution is 5.86. The van der Waals surface area contributed by atoms with E-state index in [1.54, 1.807) is 6.07 Å². The summed E-state index contributed by atoms with van der Waals surface area (Å²) in [6.45, 7) is 1.20. The molecule has 0 amide bonds. The maximum Gasteiger partial charge on any atom is 0.372 e. The normalized spacial score (nSPS) is 15.6. The maximum absolute atomic E-state index is 10.8. The van der Waals surface area contributed by atoms with Gasteiger partial charge in [0.25, 0.3) is 0 Å². The molecular formula is C11H15NO4. The molecule has 1 aromatic heterocycles. The Morgan fingerprint density at radius 2 is 2.31 bits per heavy atom. The summed E-state index contributed by atoms with van der Waals surface area (Å²) >= 11 is 0. The Morgan fingerprint density at radius 1 is 1.56 bits per heavy atom. The summed E-state index contributed by atoms with van der Waals surface area (Å²) in [7, 11) is 0. The minimum Gasteiger partial charge on any atom is -0.475 e. The van der Waals surface area contributed by atoms with Crippen molar-refractivity contribution in [2.45, 2.75) is 25.4 Å². The summed E-state index contributed by atoms with van der Waals surface area (Å²) in [5.74, 6) is -1.04. The molecule has 1 aliphatic rings. The van der Waals surface area contributed by atoms with Crippen molar-refractivity contribution in [2.24, 2.45) is 0 Å². The molecular weight excluding hydrogens is 210 g/mol. The van der Waals surface area contributed by atoms with E-state index in [4.69, 9.17) is 14.6 Å². The van der Waals surface area contributed by atoms with Gasteiger partial charge in [-0.05, 0) is 18.9 Å². The second-order valence-electron chi connectivity index (χ2n) is 4.01. The van der Waals surface area contributed by atoms with Crippen LogP contribution >= 0.6 is 0 Å².